The van der Waals surface area contributed by atoms with E-state index in [-0.39, 0.29) is 40.2 Å². The molecule has 5 fully saturated rings. The lowest BCUT2D eigenvalue weighted by Crippen LogP contribution is -3.11. The van der Waals surface area contributed by atoms with Gasteiger partial charge in [-0.25, -0.2) is 0 Å². The summed E-state index contributed by atoms with van der Waals surface area (Å²) in [4.78, 5) is 35.1. The average Bonchev–Trinajstić information content (AvgIpc) is 3.47. The second-order valence-electron chi connectivity index (χ2n) is 23.5. The summed E-state index contributed by atoms with van der Waals surface area (Å²) in [5, 5.41) is 25.6. The van der Waals surface area contributed by atoms with Gasteiger partial charge in [-0.1, -0.05) is 65.3 Å². The fraction of sp³-hybridized carbons (Fsp3) is 0.712. The molecule has 9 aliphatic rings. The fourth-order valence-corrected chi connectivity index (χ4v) is 16.2. The molecule has 324 valence electrons. The first-order valence-electron chi connectivity index (χ1n) is 23.5. The summed E-state index contributed by atoms with van der Waals surface area (Å²) >= 11 is 0. The largest absolute Gasteiger partial charge is 0.392 e. The average molecular weight is 820 g/mol. The zero-order valence-corrected chi connectivity index (χ0v) is 37.9. The summed E-state index contributed by atoms with van der Waals surface area (Å²) in [7, 11) is 0. The molecular weight excluding hydrogens is 749 g/mol. The first-order valence-corrected chi connectivity index (χ1v) is 23.5. The molecule has 1 aromatic carbocycles. The van der Waals surface area contributed by atoms with E-state index in [1.165, 1.54) is 38.4 Å². The van der Waals surface area contributed by atoms with Crippen molar-refractivity contribution in [1.29, 1.82) is 0 Å². The molecule has 2 saturated heterocycles. The van der Waals surface area contributed by atoms with Crippen molar-refractivity contribution in [3.05, 3.63) is 69.1 Å². The number of aliphatic imine (C=N–C) groups is 1. The summed E-state index contributed by atoms with van der Waals surface area (Å²) in [6.45, 7) is 23.2. The van der Waals surface area contributed by atoms with E-state index in [4.69, 9.17) is 14.5 Å². The Balaban J connectivity index is 1.06. The molecule has 5 aliphatic carbocycles. The topological polar surface area (TPSA) is 113 Å². The summed E-state index contributed by atoms with van der Waals surface area (Å²) < 4.78 is 11.7. The Bertz CT molecular complexity index is 2170. The molecule has 4 aliphatic heterocycles. The van der Waals surface area contributed by atoms with Gasteiger partial charge in [0.15, 0.2) is 11.5 Å². The van der Waals surface area contributed by atoms with Crippen molar-refractivity contribution >= 4 is 17.8 Å². The van der Waals surface area contributed by atoms with Crippen LogP contribution in [-0.2, 0) is 25.5 Å². The number of nitrogens with one attached hydrogen (secondary N) is 1. The Kier molecular flexibility index (Phi) is 9.21. The number of quaternary nitrogens is 1. The van der Waals surface area contributed by atoms with Gasteiger partial charge in [0.25, 0.3) is 0 Å². The van der Waals surface area contributed by atoms with Crippen LogP contribution in [0.1, 0.15) is 142 Å². The Morgan fingerprint density at radius 2 is 1.68 bits per heavy atom. The summed E-state index contributed by atoms with van der Waals surface area (Å²) in [5.41, 5.74) is 6.71. The van der Waals surface area contributed by atoms with E-state index in [1.807, 2.05) is 20.1 Å². The minimum absolute atomic E-state index is 0.0775. The minimum atomic E-state index is -0.690. The Morgan fingerprint density at radius 1 is 0.950 bits per heavy atom. The molecule has 3 saturated carbocycles. The van der Waals surface area contributed by atoms with E-state index in [9.17, 15) is 15.0 Å². The number of Topliss-reactive ketones (excluding diaryl/α,β-unsaturated/α-hetero) is 2. The fourth-order valence-electron chi connectivity index (χ4n) is 16.2. The maximum Gasteiger partial charge on any atom is 0.160 e. The standard InChI is InChI=1S/C52H70N2O6/c1-30-22-31(24-33(23-30)32-13-20-59-21-14-32)25-34-28-54(35-12-19-53-41(34)35)29-52-18-17-48(6,26-37(56)45-47(4,5)60-45)40-36(55)27-51(9,42(40)52)50(8)16-10-38-46(2,3)39(57)11-15-49(38,7)43(50)44(52)58/h12,19,22-24,32,37-38,43-45,56,58H,10-11,13-18,20-21,25-29H2,1-9H3/p+1. The van der Waals surface area contributed by atoms with Gasteiger partial charge in [0.1, 0.15) is 24.1 Å². The molecule has 0 radical (unpaired) electrons. The lowest BCUT2D eigenvalue weighted by Gasteiger charge is -2.72. The minimum Gasteiger partial charge on any atom is -0.392 e. The molecule has 0 aromatic heterocycles. The van der Waals surface area contributed by atoms with E-state index < -0.39 is 33.9 Å². The number of carbonyl (C=O) groups is 2. The van der Waals surface area contributed by atoms with Crippen molar-refractivity contribution in [2.75, 3.05) is 26.3 Å². The molecule has 3 N–H and O–H groups in total. The highest BCUT2D eigenvalue weighted by atomic mass is 16.6. The van der Waals surface area contributed by atoms with Gasteiger partial charge in [0.2, 0.25) is 0 Å². The highest BCUT2D eigenvalue weighted by molar-refractivity contribution is 6.02. The highest BCUT2D eigenvalue weighted by Gasteiger charge is 2.77. The van der Waals surface area contributed by atoms with E-state index >= 15 is 4.79 Å². The van der Waals surface area contributed by atoms with Crippen molar-refractivity contribution in [3.8, 4) is 0 Å². The smallest absolute Gasteiger partial charge is 0.160 e. The SMILES string of the molecule is Cc1cc(CC2=C3N=CC=C3[NH+](CC34CCC(C)(CC(O)C5OC5(C)C)C5=C3C(C)(CC5=O)C3(C)CCC5C(C)(C)C(=O)CCC5(C)C3C4O)C2)cc(C2CCOCC2)c1. The third-order valence-electron chi connectivity index (χ3n) is 19.3. The van der Waals surface area contributed by atoms with Crippen LogP contribution in [0.2, 0.25) is 0 Å². The van der Waals surface area contributed by atoms with Gasteiger partial charge in [0.05, 0.1) is 29.8 Å². The van der Waals surface area contributed by atoms with Crippen molar-refractivity contribution in [3.63, 3.8) is 0 Å². The van der Waals surface area contributed by atoms with Gasteiger partial charge in [-0.2, -0.15) is 0 Å². The zero-order valence-electron chi connectivity index (χ0n) is 37.9. The number of hydrogen-bond acceptors (Lipinski definition) is 7. The molecule has 1 aromatic rings. The van der Waals surface area contributed by atoms with Gasteiger partial charge in [-0.15, -0.1) is 0 Å². The molecular formula is C52H71N2O6+. The molecule has 11 atom stereocenters. The quantitative estimate of drug-likeness (QED) is 0.237. The number of aliphatic hydroxyl groups excluding tert-OH is 2. The monoisotopic (exact) mass is 820 g/mol. The predicted octanol–water partition coefficient (Wildman–Crippen LogP) is 7.35. The van der Waals surface area contributed by atoms with Crippen LogP contribution in [-0.4, -0.2) is 78.2 Å². The number of aryl methyl sites for hydroxylation is 1. The van der Waals surface area contributed by atoms with Gasteiger partial charge in [-0.05, 0) is 123 Å². The number of epoxide rings is 1. The number of ketones is 2. The number of nitrogens with zero attached hydrogens (tertiary/aromatic N) is 1. The Morgan fingerprint density at radius 3 is 2.40 bits per heavy atom. The van der Waals surface area contributed by atoms with Crippen LogP contribution in [0.15, 0.2) is 57.4 Å². The first-order chi connectivity index (χ1) is 28.2. The number of benzene rings is 1. The lowest BCUT2D eigenvalue weighted by atomic mass is 9.32. The van der Waals surface area contributed by atoms with Crippen LogP contribution < -0.4 is 4.90 Å². The maximum absolute atomic E-state index is 15.1. The van der Waals surface area contributed by atoms with Crippen molar-refractivity contribution in [2.45, 2.75) is 163 Å². The summed E-state index contributed by atoms with van der Waals surface area (Å²) in [6, 6.07) is 7.13. The van der Waals surface area contributed by atoms with Gasteiger partial charge in [0, 0.05) is 66.7 Å². The van der Waals surface area contributed by atoms with Crippen molar-refractivity contribution < 1.29 is 34.2 Å². The van der Waals surface area contributed by atoms with Gasteiger partial charge < -0.3 is 19.7 Å². The van der Waals surface area contributed by atoms with E-state index in [0.717, 1.165) is 82.4 Å². The molecule has 4 heterocycles. The zero-order chi connectivity index (χ0) is 42.6. The van der Waals surface area contributed by atoms with Crippen LogP contribution in [0.4, 0.5) is 0 Å². The Hall–Kier alpha value is -2.75. The third kappa shape index (κ3) is 5.68. The number of rotatable bonds is 8. The molecule has 11 unspecified atom stereocenters. The number of ether oxygens (including phenoxy) is 2. The van der Waals surface area contributed by atoms with Crippen LogP contribution in [0, 0.1) is 51.2 Å². The highest BCUT2D eigenvalue weighted by Crippen LogP contribution is 2.79. The second-order valence-corrected chi connectivity index (χ2v) is 23.5. The maximum atomic E-state index is 15.1. The molecule has 8 heteroatoms. The van der Waals surface area contributed by atoms with E-state index in [0.29, 0.717) is 37.5 Å². The normalized spacial score (nSPS) is 43.1. The van der Waals surface area contributed by atoms with Crippen molar-refractivity contribution in [2.24, 2.45) is 49.3 Å². The predicted molar refractivity (Wildman–Crippen MR) is 233 cm³/mol. The van der Waals surface area contributed by atoms with E-state index in [2.05, 4.69) is 72.7 Å². The first kappa shape index (κ1) is 41.3. The van der Waals surface area contributed by atoms with Crippen LogP contribution >= 0.6 is 0 Å². The van der Waals surface area contributed by atoms with Gasteiger partial charge >= 0.3 is 0 Å². The van der Waals surface area contributed by atoms with Crippen molar-refractivity contribution in [1.82, 2.24) is 0 Å². The number of allylic oxidation sites excluding steroid dienone is 2. The number of hydrogen-bond donors (Lipinski definition) is 3. The molecule has 10 rings (SSSR count). The third-order valence-corrected chi connectivity index (χ3v) is 19.3. The van der Waals surface area contributed by atoms with Crippen LogP contribution in [0.25, 0.3) is 0 Å². The van der Waals surface area contributed by atoms with E-state index in [1.54, 1.807) is 0 Å². The molecule has 8 nitrogen and oxygen atoms in total. The lowest BCUT2D eigenvalue weighted by molar-refractivity contribution is -0.856. The molecule has 0 amide bonds. The molecule has 60 heavy (non-hydrogen) atoms. The number of carbonyl (C=O) groups excluding carboxylic acids is 2. The second kappa shape index (κ2) is 13.4. The van der Waals surface area contributed by atoms with Crippen LogP contribution in [0.3, 0.4) is 0 Å². The Labute approximate surface area is 358 Å². The van der Waals surface area contributed by atoms with Crippen LogP contribution in [0.5, 0.6) is 0 Å². The molecule has 0 spiro atoms. The number of aliphatic hydroxyl groups is 2. The number of fused-ring (bicyclic) bond motifs is 5. The summed E-state index contributed by atoms with van der Waals surface area (Å²) in [6.07, 6.45) is 11.0. The van der Waals surface area contributed by atoms with Gasteiger partial charge in [-0.3, -0.25) is 19.5 Å². The molecule has 0 bridgehead atoms. The summed E-state index contributed by atoms with van der Waals surface area (Å²) in [5.74, 6) is 1.17.